The molecule has 0 spiro atoms. The smallest absolute Gasteiger partial charge is 0.409 e. The van der Waals surface area contributed by atoms with E-state index < -0.39 is 11.9 Å². The maximum atomic E-state index is 13.9. The third kappa shape index (κ3) is 2.70. The Balaban J connectivity index is 2.08. The lowest BCUT2D eigenvalue weighted by Gasteiger charge is -1.99. The first-order chi connectivity index (χ1) is 10.0. The van der Waals surface area contributed by atoms with Crippen LogP contribution in [0.3, 0.4) is 0 Å². The van der Waals surface area contributed by atoms with Crippen LogP contribution in [-0.4, -0.2) is 25.6 Å². The molecule has 106 valence electrons. The monoisotopic (exact) mass is 350 g/mol. The molecule has 0 atom stereocenters. The fourth-order valence-electron chi connectivity index (χ4n) is 1.90. The zero-order valence-corrected chi connectivity index (χ0v) is 12.0. The average Bonchev–Trinajstić information content (AvgIpc) is 2.83. The first-order valence-corrected chi connectivity index (χ1v) is 6.62. The van der Waals surface area contributed by atoms with Gasteiger partial charge in [-0.3, -0.25) is 9.72 Å². The van der Waals surface area contributed by atoms with Gasteiger partial charge in [0.1, 0.15) is 5.82 Å². The third-order valence-corrected chi connectivity index (χ3v) is 3.26. The maximum Gasteiger partial charge on any atom is 0.409 e. The Morgan fingerprint density at radius 1 is 1.38 bits per heavy atom. The van der Waals surface area contributed by atoms with Crippen molar-refractivity contribution in [3.05, 3.63) is 47.1 Å². The number of halogens is 2. The molecule has 8 heteroatoms. The van der Waals surface area contributed by atoms with Gasteiger partial charge in [-0.15, -0.1) is 0 Å². The Morgan fingerprint density at radius 2 is 2.19 bits per heavy atom. The highest BCUT2D eigenvalue weighted by molar-refractivity contribution is 9.10. The summed E-state index contributed by atoms with van der Waals surface area (Å²) < 4.78 is 16.1. The maximum absolute atomic E-state index is 13.9. The number of carboxylic acid groups (broad SMARTS) is 1. The highest BCUT2D eigenvalue weighted by Crippen LogP contribution is 2.25. The number of nitrogens with one attached hydrogen (secondary N) is 1. The van der Waals surface area contributed by atoms with Gasteiger partial charge >= 0.3 is 6.09 Å². The van der Waals surface area contributed by atoms with Gasteiger partial charge in [-0.2, -0.15) is 0 Å². The van der Waals surface area contributed by atoms with E-state index in [1.54, 1.807) is 18.3 Å². The second kappa shape index (κ2) is 5.13. The van der Waals surface area contributed by atoms with E-state index in [-0.39, 0.29) is 0 Å². The Kier molecular flexibility index (Phi) is 3.30. The fraction of sp³-hybridized carbons (Fsp3) is 0. The standard InChI is InChI=1S/C13H8BrFN4O2/c14-7-1-2-10(15)9(3-7)11-6-19-5-8(17-13(20)21)4-16-12(19)18-11/h1-6,17H,(H,20,21). The Morgan fingerprint density at radius 3 is 2.95 bits per heavy atom. The topological polar surface area (TPSA) is 79.5 Å². The molecule has 0 unspecified atom stereocenters. The number of hydrogen-bond acceptors (Lipinski definition) is 3. The van der Waals surface area contributed by atoms with Crippen molar-refractivity contribution in [2.45, 2.75) is 0 Å². The summed E-state index contributed by atoms with van der Waals surface area (Å²) in [6.07, 6.45) is 3.26. The van der Waals surface area contributed by atoms with Gasteiger partial charge in [0.05, 0.1) is 17.6 Å². The van der Waals surface area contributed by atoms with Crippen LogP contribution in [0.2, 0.25) is 0 Å². The summed E-state index contributed by atoms with van der Waals surface area (Å²) in [4.78, 5) is 18.8. The lowest BCUT2D eigenvalue weighted by Crippen LogP contribution is -2.08. The molecule has 3 aromatic rings. The zero-order valence-electron chi connectivity index (χ0n) is 10.4. The summed E-state index contributed by atoms with van der Waals surface area (Å²) in [5, 5.41) is 10.9. The molecule has 2 aromatic heterocycles. The van der Waals surface area contributed by atoms with Gasteiger partial charge in [0.2, 0.25) is 5.78 Å². The van der Waals surface area contributed by atoms with Gasteiger partial charge in [0, 0.05) is 22.4 Å². The summed E-state index contributed by atoms with van der Waals surface area (Å²) in [7, 11) is 0. The molecular formula is C13H8BrFN4O2. The number of nitrogens with zero attached hydrogens (tertiary/aromatic N) is 3. The van der Waals surface area contributed by atoms with Crippen molar-refractivity contribution in [3.63, 3.8) is 0 Å². The fourth-order valence-corrected chi connectivity index (χ4v) is 2.26. The quantitative estimate of drug-likeness (QED) is 0.742. The SMILES string of the molecule is O=C(O)Nc1cnc2nc(-c3cc(Br)ccc3F)cn2c1. The van der Waals surface area contributed by atoms with E-state index in [4.69, 9.17) is 5.11 Å². The highest BCUT2D eigenvalue weighted by atomic mass is 79.9. The first-order valence-electron chi connectivity index (χ1n) is 5.83. The van der Waals surface area contributed by atoms with Crippen LogP contribution in [0, 0.1) is 5.82 Å². The van der Waals surface area contributed by atoms with E-state index in [1.165, 1.54) is 22.9 Å². The molecule has 21 heavy (non-hydrogen) atoms. The van der Waals surface area contributed by atoms with Crippen LogP contribution >= 0.6 is 15.9 Å². The normalized spacial score (nSPS) is 10.8. The molecule has 0 aliphatic rings. The molecular weight excluding hydrogens is 343 g/mol. The second-order valence-electron chi connectivity index (χ2n) is 4.23. The predicted molar refractivity (Wildman–Crippen MR) is 77.7 cm³/mol. The van der Waals surface area contributed by atoms with Crippen molar-refractivity contribution in [1.29, 1.82) is 0 Å². The minimum absolute atomic E-state index is 0.300. The number of rotatable bonds is 2. The minimum Gasteiger partial charge on any atom is -0.465 e. The van der Waals surface area contributed by atoms with Crippen LogP contribution in [0.25, 0.3) is 17.0 Å². The number of benzene rings is 1. The van der Waals surface area contributed by atoms with Crippen LogP contribution in [0.1, 0.15) is 0 Å². The Hall–Kier alpha value is -2.48. The molecule has 0 saturated heterocycles. The summed E-state index contributed by atoms with van der Waals surface area (Å²) in [5.41, 5.74) is 1.05. The number of imidazole rings is 1. The average molecular weight is 351 g/mol. The van der Waals surface area contributed by atoms with Gasteiger partial charge in [0.15, 0.2) is 0 Å². The third-order valence-electron chi connectivity index (χ3n) is 2.77. The molecule has 2 N–H and O–H groups in total. The Labute approximate surface area is 126 Å². The van der Waals surface area contributed by atoms with E-state index in [0.29, 0.717) is 22.7 Å². The van der Waals surface area contributed by atoms with E-state index in [9.17, 15) is 9.18 Å². The number of amides is 1. The van der Waals surface area contributed by atoms with Gasteiger partial charge in [-0.25, -0.2) is 19.2 Å². The predicted octanol–water partition coefficient (Wildman–Crippen LogP) is 3.39. The lowest BCUT2D eigenvalue weighted by molar-refractivity contribution is 0.209. The van der Waals surface area contributed by atoms with E-state index in [2.05, 4.69) is 31.2 Å². The number of hydrogen-bond donors (Lipinski definition) is 2. The van der Waals surface area contributed by atoms with Crippen LogP contribution in [0.5, 0.6) is 0 Å². The van der Waals surface area contributed by atoms with Crippen molar-refractivity contribution < 1.29 is 14.3 Å². The summed E-state index contributed by atoms with van der Waals surface area (Å²) in [6, 6.07) is 4.56. The van der Waals surface area contributed by atoms with Gasteiger partial charge in [-0.05, 0) is 18.2 Å². The molecule has 0 aliphatic carbocycles. The Bertz CT molecular complexity index is 849. The van der Waals surface area contributed by atoms with E-state index in [1.807, 2.05) is 0 Å². The number of carbonyl (C=O) groups is 1. The van der Waals surface area contributed by atoms with E-state index in [0.717, 1.165) is 4.47 Å². The molecule has 6 nitrogen and oxygen atoms in total. The first kappa shape index (κ1) is 13.5. The van der Waals surface area contributed by atoms with Crippen molar-refractivity contribution in [3.8, 4) is 11.3 Å². The van der Waals surface area contributed by atoms with Crippen molar-refractivity contribution in [1.82, 2.24) is 14.4 Å². The molecule has 0 bridgehead atoms. The highest BCUT2D eigenvalue weighted by Gasteiger charge is 2.11. The number of anilines is 1. The number of aromatic nitrogens is 3. The summed E-state index contributed by atoms with van der Waals surface area (Å²) in [5.74, 6) is -0.0502. The van der Waals surface area contributed by atoms with Crippen molar-refractivity contribution in [2.75, 3.05) is 5.32 Å². The van der Waals surface area contributed by atoms with Gasteiger partial charge < -0.3 is 5.11 Å². The molecule has 3 rings (SSSR count). The second-order valence-corrected chi connectivity index (χ2v) is 5.15. The number of fused-ring (bicyclic) bond motifs is 1. The van der Waals surface area contributed by atoms with E-state index >= 15 is 0 Å². The molecule has 1 aromatic carbocycles. The largest absolute Gasteiger partial charge is 0.465 e. The molecule has 1 amide bonds. The van der Waals surface area contributed by atoms with Crippen LogP contribution in [-0.2, 0) is 0 Å². The summed E-state index contributed by atoms with van der Waals surface area (Å²) >= 11 is 3.28. The zero-order chi connectivity index (χ0) is 15.0. The molecule has 0 aliphatic heterocycles. The molecule has 2 heterocycles. The van der Waals surface area contributed by atoms with Crippen molar-refractivity contribution in [2.24, 2.45) is 0 Å². The minimum atomic E-state index is -1.19. The lowest BCUT2D eigenvalue weighted by atomic mass is 10.1. The van der Waals surface area contributed by atoms with Gasteiger partial charge in [0.25, 0.3) is 0 Å². The van der Waals surface area contributed by atoms with Gasteiger partial charge in [-0.1, -0.05) is 15.9 Å². The van der Waals surface area contributed by atoms with Crippen LogP contribution < -0.4 is 5.32 Å². The van der Waals surface area contributed by atoms with Crippen molar-refractivity contribution >= 4 is 33.5 Å². The van der Waals surface area contributed by atoms with Crippen LogP contribution in [0.15, 0.2) is 41.3 Å². The molecule has 0 fully saturated rings. The van der Waals surface area contributed by atoms with Crippen LogP contribution in [0.4, 0.5) is 14.9 Å². The molecule has 0 radical (unpaired) electrons. The molecule has 0 saturated carbocycles. The summed E-state index contributed by atoms with van der Waals surface area (Å²) in [6.45, 7) is 0.